The maximum absolute atomic E-state index is 3.42. The quantitative estimate of drug-likeness (QED) is 0.834. The Morgan fingerprint density at radius 1 is 1.18 bits per heavy atom. The van der Waals surface area contributed by atoms with E-state index in [4.69, 9.17) is 0 Å². The van der Waals surface area contributed by atoms with Crippen LogP contribution in [0.4, 0.5) is 0 Å². The number of halogens is 1. The first kappa shape index (κ1) is 14.9. The average molecular weight is 272 g/mol. The number of hydrogen-bond donors (Lipinski definition) is 1. The summed E-state index contributed by atoms with van der Waals surface area (Å²) in [5.74, 6) is 2.23. The Morgan fingerprint density at radius 3 is 2.47 bits per heavy atom. The lowest BCUT2D eigenvalue weighted by Gasteiger charge is -2.22. The fourth-order valence-corrected chi connectivity index (χ4v) is 3.16. The van der Waals surface area contributed by atoms with Gasteiger partial charge < -0.3 is 5.32 Å². The van der Waals surface area contributed by atoms with Crippen LogP contribution in [0.15, 0.2) is 29.2 Å². The summed E-state index contributed by atoms with van der Waals surface area (Å²) in [5.41, 5.74) is 1.35. The van der Waals surface area contributed by atoms with Crippen LogP contribution >= 0.6 is 24.2 Å². The molecule has 1 aliphatic heterocycles. The Hall–Kier alpha value is -0.180. The van der Waals surface area contributed by atoms with Crippen molar-refractivity contribution in [2.75, 3.05) is 18.8 Å². The van der Waals surface area contributed by atoms with Crippen molar-refractivity contribution in [3.8, 4) is 0 Å². The van der Waals surface area contributed by atoms with Gasteiger partial charge in [0.15, 0.2) is 0 Å². The number of benzene rings is 1. The van der Waals surface area contributed by atoms with Crippen LogP contribution in [-0.4, -0.2) is 18.8 Å². The minimum atomic E-state index is 0. The molecule has 0 atom stereocenters. The number of piperidine rings is 1. The second kappa shape index (κ2) is 8.02. The van der Waals surface area contributed by atoms with Crippen LogP contribution in [0.3, 0.4) is 0 Å². The molecule has 1 N–H and O–H groups in total. The minimum Gasteiger partial charge on any atom is -0.317 e. The van der Waals surface area contributed by atoms with Gasteiger partial charge >= 0.3 is 0 Å². The van der Waals surface area contributed by atoms with Crippen molar-refractivity contribution in [2.24, 2.45) is 5.92 Å². The van der Waals surface area contributed by atoms with E-state index in [0.29, 0.717) is 0 Å². The number of thioether (sulfide) groups is 1. The van der Waals surface area contributed by atoms with Crippen molar-refractivity contribution < 1.29 is 0 Å². The third-order valence-electron chi connectivity index (χ3n) is 3.27. The lowest BCUT2D eigenvalue weighted by atomic mass is 9.96. The maximum atomic E-state index is 3.42. The summed E-state index contributed by atoms with van der Waals surface area (Å²) in [5, 5.41) is 3.42. The van der Waals surface area contributed by atoms with E-state index in [1.54, 1.807) is 0 Å². The summed E-state index contributed by atoms with van der Waals surface area (Å²) in [6.07, 6.45) is 4.11. The molecule has 0 spiro atoms. The number of aryl methyl sites for hydroxylation is 1. The fraction of sp³-hybridized carbons (Fsp3) is 0.571. The van der Waals surface area contributed by atoms with Gasteiger partial charge in [0.1, 0.15) is 0 Å². The van der Waals surface area contributed by atoms with E-state index >= 15 is 0 Å². The van der Waals surface area contributed by atoms with Gasteiger partial charge in [0.25, 0.3) is 0 Å². The lowest BCUT2D eigenvalue weighted by molar-refractivity contribution is 0.367. The average Bonchev–Trinajstić information content (AvgIpc) is 2.33. The van der Waals surface area contributed by atoms with Crippen LogP contribution in [-0.2, 0) is 0 Å². The van der Waals surface area contributed by atoms with Crippen molar-refractivity contribution in [3.63, 3.8) is 0 Å². The van der Waals surface area contributed by atoms with Crippen molar-refractivity contribution in [1.29, 1.82) is 0 Å². The molecular formula is C14H22ClNS. The van der Waals surface area contributed by atoms with Gasteiger partial charge in [-0.2, -0.15) is 0 Å². The predicted octanol–water partition coefficient (Wildman–Crippen LogP) is 3.90. The Morgan fingerprint density at radius 2 is 1.82 bits per heavy atom. The van der Waals surface area contributed by atoms with Crippen LogP contribution in [0.25, 0.3) is 0 Å². The molecule has 0 saturated carbocycles. The highest BCUT2D eigenvalue weighted by atomic mass is 35.5. The molecule has 3 heteroatoms. The molecule has 1 aliphatic rings. The van der Waals surface area contributed by atoms with Crippen LogP contribution in [0.5, 0.6) is 0 Å². The van der Waals surface area contributed by atoms with Crippen molar-refractivity contribution in [2.45, 2.75) is 31.1 Å². The highest BCUT2D eigenvalue weighted by Crippen LogP contribution is 2.23. The second-order valence-electron chi connectivity index (χ2n) is 4.64. The molecule has 17 heavy (non-hydrogen) atoms. The lowest BCUT2D eigenvalue weighted by Crippen LogP contribution is -2.27. The van der Waals surface area contributed by atoms with Gasteiger partial charge in [-0.25, -0.2) is 0 Å². The van der Waals surface area contributed by atoms with E-state index in [2.05, 4.69) is 36.5 Å². The van der Waals surface area contributed by atoms with Crippen LogP contribution in [0.1, 0.15) is 24.8 Å². The Labute approximate surface area is 115 Å². The van der Waals surface area contributed by atoms with Crippen molar-refractivity contribution in [1.82, 2.24) is 5.32 Å². The molecule has 0 amide bonds. The van der Waals surface area contributed by atoms with Crippen molar-refractivity contribution >= 4 is 24.2 Å². The van der Waals surface area contributed by atoms with Gasteiger partial charge in [-0.05, 0) is 63.1 Å². The van der Waals surface area contributed by atoms with Crippen LogP contribution in [0.2, 0.25) is 0 Å². The first-order valence-electron chi connectivity index (χ1n) is 6.25. The molecule has 1 aromatic rings. The fourth-order valence-electron chi connectivity index (χ4n) is 2.15. The molecule has 0 radical (unpaired) electrons. The smallest absolute Gasteiger partial charge is 0.00721 e. The van der Waals surface area contributed by atoms with E-state index < -0.39 is 0 Å². The molecule has 0 unspecified atom stereocenters. The number of nitrogens with one attached hydrogen (secondary N) is 1. The normalized spacial score (nSPS) is 16.5. The Bertz CT molecular complexity index is 307. The molecule has 0 aromatic heterocycles. The summed E-state index contributed by atoms with van der Waals surface area (Å²) in [4.78, 5) is 1.42. The monoisotopic (exact) mass is 271 g/mol. The van der Waals surface area contributed by atoms with E-state index in [9.17, 15) is 0 Å². The molecule has 1 aromatic carbocycles. The zero-order valence-corrected chi connectivity index (χ0v) is 12.1. The highest BCUT2D eigenvalue weighted by Gasteiger charge is 2.12. The van der Waals surface area contributed by atoms with Gasteiger partial charge in [-0.15, -0.1) is 24.2 Å². The van der Waals surface area contributed by atoms with Gasteiger partial charge in [0.05, 0.1) is 0 Å². The molecular weight excluding hydrogens is 250 g/mol. The molecule has 0 aliphatic carbocycles. The van der Waals surface area contributed by atoms with Crippen LogP contribution < -0.4 is 5.32 Å². The van der Waals surface area contributed by atoms with Crippen molar-refractivity contribution in [3.05, 3.63) is 29.8 Å². The SMILES string of the molecule is Cc1ccc(SCCC2CCNCC2)cc1.Cl. The zero-order valence-electron chi connectivity index (χ0n) is 10.4. The minimum absolute atomic E-state index is 0. The van der Waals surface area contributed by atoms with Gasteiger partial charge in [-0.1, -0.05) is 17.7 Å². The Kier molecular flexibility index (Phi) is 7.02. The molecule has 1 nitrogen and oxygen atoms in total. The molecule has 0 bridgehead atoms. The standard InChI is InChI=1S/C14H21NS.ClH/c1-12-2-4-14(5-3-12)16-11-8-13-6-9-15-10-7-13;/h2-5,13,15H,6-11H2,1H3;1H. The summed E-state index contributed by atoms with van der Waals surface area (Å²) in [6, 6.07) is 8.88. The Balaban J connectivity index is 0.00000144. The number of rotatable bonds is 4. The first-order valence-corrected chi connectivity index (χ1v) is 7.23. The van der Waals surface area contributed by atoms with Gasteiger partial charge in [0.2, 0.25) is 0 Å². The summed E-state index contributed by atoms with van der Waals surface area (Å²) in [6.45, 7) is 4.59. The van der Waals surface area contributed by atoms with Gasteiger partial charge in [-0.3, -0.25) is 0 Å². The largest absolute Gasteiger partial charge is 0.317 e. The third kappa shape index (κ3) is 5.33. The molecule has 1 fully saturated rings. The maximum Gasteiger partial charge on any atom is 0.00721 e. The zero-order chi connectivity index (χ0) is 11.2. The first-order chi connectivity index (χ1) is 7.84. The van der Waals surface area contributed by atoms with E-state index in [0.717, 1.165) is 5.92 Å². The molecule has 96 valence electrons. The van der Waals surface area contributed by atoms with E-state index in [1.807, 2.05) is 11.8 Å². The van der Waals surface area contributed by atoms with Crippen LogP contribution in [0, 0.1) is 12.8 Å². The summed E-state index contributed by atoms with van der Waals surface area (Å²) >= 11 is 2.00. The molecule has 1 heterocycles. The molecule has 1 saturated heterocycles. The number of hydrogen-bond acceptors (Lipinski definition) is 2. The van der Waals surface area contributed by atoms with E-state index in [-0.39, 0.29) is 12.4 Å². The highest BCUT2D eigenvalue weighted by molar-refractivity contribution is 7.99. The third-order valence-corrected chi connectivity index (χ3v) is 4.32. The topological polar surface area (TPSA) is 12.0 Å². The van der Waals surface area contributed by atoms with E-state index in [1.165, 1.54) is 48.6 Å². The predicted molar refractivity (Wildman–Crippen MR) is 79.4 cm³/mol. The summed E-state index contributed by atoms with van der Waals surface area (Å²) < 4.78 is 0. The molecule has 2 rings (SSSR count). The van der Waals surface area contributed by atoms with Gasteiger partial charge in [0, 0.05) is 4.90 Å². The summed E-state index contributed by atoms with van der Waals surface area (Å²) in [7, 11) is 0. The second-order valence-corrected chi connectivity index (χ2v) is 5.81.